The van der Waals surface area contributed by atoms with Crippen LogP contribution in [-0.4, -0.2) is 70.3 Å². The molecule has 1 saturated heterocycles. The summed E-state index contributed by atoms with van der Waals surface area (Å²) >= 11 is 0. The Morgan fingerprint density at radius 2 is 1.71 bits per heavy atom. The second kappa shape index (κ2) is 8.12. The lowest BCUT2D eigenvalue weighted by Gasteiger charge is -2.34. The van der Waals surface area contributed by atoms with Gasteiger partial charge in [0.05, 0.1) is 5.69 Å². The number of rotatable bonds is 5. The molecule has 6 heteroatoms. The van der Waals surface area contributed by atoms with Crippen molar-refractivity contribution < 1.29 is 4.79 Å². The van der Waals surface area contributed by atoms with Crippen LogP contribution in [0, 0.1) is 0 Å². The van der Waals surface area contributed by atoms with Crippen molar-refractivity contribution in [3.8, 4) is 0 Å². The molecule has 0 radical (unpaired) electrons. The van der Waals surface area contributed by atoms with Gasteiger partial charge in [-0.2, -0.15) is 0 Å². The van der Waals surface area contributed by atoms with E-state index in [9.17, 15) is 4.79 Å². The van der Waals surface area contributed by atoms with E-state index in [1.165, 1.54) is 5.56 Å². The predicted octanol–water partition coefficient (Wildman–Crippen LogP) is 2.35. The summed E-state index contributed by atoms with van der Waals surface area (Å²) in [5.74, 6) is 0.0416. The third kappa shape index (κ3) is 3.93. The number of pyridine rings is 1. The molecule has 6 nitrogen and oxygen atoms in total. The standard InChI is InChI=1S/C22H27N5O/c1-24(2)17-19-21(23-20-10-6-7-11-27(19)20)22(28)26-14-12-25(13-15-26)16-18-8-4-3-5-9-18/h3-11H,12-17H2,1-2H3. The summed E-state index contributed by atoms with van der Waals surface area (Å²) in [6.45, 7) is 4.86. The fourth-order valence-corrected chi connectivity index (χ4v) is 3.77. The van der Waals surface area contributed by atoms with Crippen molar-refractivity contribution in [1.29, 1.82) is 0 Å². The highest BCUT2D eigenvalue weighted by Crippen LogP contribution is 2.18. The molecule has 0 unspecified atom stereocenters. The molecule has 1 aromatic carbocycles. The summed E-state index contributed by atoms with van der Waals surface area (Å²) in [7, 11) is 4.03. The van der Waals surface area contributed by atoms with Gasteiger partial charge in [0.15, 0.2) is 5.69 Å². The van der Waals surface area contributed by atoms with Gasteiger partial charge in [0.2, 0.25) is 0 Å². The topological polar surface area (TPSA) is 44.1 Å². The molecule has 28 heavy (non-hydrogen) atoms. The van der Waals surface area contributed by atoms with Crippen molar-refractivity contribution in [2.24, 2.45) is 0 Å². The van der Waals surface area contributed by atoms with Gasteiger partial charge >= 0.3 is 0 Å². The minimum atomic E-state index is 0.0416. The second-order valence-corrected chi connectivity index (χ2v) is 7.63. The van der Waals surface area contributed by atoms with E-state index in [0.29, 0.717) is 12.2 Å². The highest BCUT2D eigenvalue weighted by Gasteiger charge is 2.27. The first kappa shape index (κ1) is 18.7. The smallest absolute Gasteiger partial charge is 0.274 e. The molecule has 0 N–H and O–H groups in total. The molecule has 0 atom stereocenters. The van der Waals surface area contributed by atoms with Gasteiger partial charge in [-0.1, -0.05) is 36.4 Å². The molecular weight excluding hydrogens is 350 g/mol. The van der Waals surface area contributed by atoms with E-state index in [4.69, 9.17) is 0 Å². The second-order valence-electron chi connectivity index (χ2n) is 7.63. The number of piperazine rings is 1. The SMILES string of the molecule is CN(C)Cc1c(C(=O)N2CCN(Cc3ccccc3)CC2)nc2ccccn12. The summed E-state index contributed by atoms with van der Waals surface area (Å²) in [5, 5.41) is 0. The highest BCUT2D eigenvalue weighted by molar-refractivity contribution is 5.94. The normalized spacial score (nSPS) is 15.5. The average Bonchev–Trinajstić information content (AvgIpc) is 3.07. The number of benzene rings is 1. The van der Waals surface area contributed by atoms with Crippen LogP contribution in [0.3, 0.4) is 0 Å². The molecule has 1 fully saturated rings. The van der Waals surface area contributed by atoms with E-state index in [1.807, 2.05) is 53.9 Å². The Hall–Kier alpha value is -2.70. The summed E-state index contributed by atoms with van der Waals surface area (Å²) in [4.78, 5) is 24.3. The van der Waals surface area contributed by atoms with Gasteiger partial charge in [0.25, 0.3) is 5.91 Å². The summed E-state index contributed by atoms with van der Waals surface area (Å²) in [5.41, 5.74) is 3.68. The van der Waals surface area contributed by atoms with Crippen LogP contribution in [0.2, 0.25) is 0 Å². The molecule has 2 aromatic heterocycles. The van der Waals surface area contributed by atoms with Crippen LogP contribution in [-0.2, 0) is 13.1 Å². The maximum atomic E-state index is 13.2. The molecular formula is C22H27N5O. The van der Waals surface area contributed by atoms with Crippen LogP contribution in [0.15, 0.2) is 54.7 Å². The molecule has 1 amide bonds. The first-order chi connectivity index (χ1) is 13.6. The fourth-order valence-electron chi connectivity index (χ4n) is 3.77. The van der Waals surface area contributed by atoms with Crippen LogP contribution >= 0.6 is 0 Å². The lowest BCUT2D eigenvalue weighted by molar-refractivity contribution is 0.0621. The van der Waals surface area contributed by atoms with Gasteiger partial charge in [-0.15, -0.1) is 0 Å². The van der Waals surface area contributed by atoms with Crippen LogP contribution in [0.5, 0.6) is 0 Å². The summed E-state index contributed by atoms with van der Waals surface area (Å²) in [6.07, 6.45) is 1.98. The average molecular weight is 377 g/mol. The zero-order valence-corrected chi connectivity index (χ0v) is 16.6. The minimum Gasteiger partial charge on any atom is -0.335 e. The number of aromatic nitrogens is 2. The molecule has 3 aromatic rings. The lowest BCUT2D eigenvalue weighted by atomic mass is 10.2. The van der Waals surface area contributed by atoms with Gasteiger partial charge in [0, 0.05) is 45.5 Å². The third-order valence-electron chi connectivity index (χ3n) is 5.21. The third-order valence-corrected chi connectivity index (χ3v) is 5.21. The number of amides is 1. The zero-order valence-electron chi connectivity index (χ0n) is 16.6. The Labute approximate surface area is 166 Å². The van der Waals surface area contributed by atoms with Crippen molar-refractivity contribution in [2.75, 3.05) is 40.3 Å². The summed E-state index contributed by atoms with van der Waals surface area (Å²) in [6, 6.07) is 16.4. The van der Waals surface area contributed by atoms with Gasteiger partial charge in [-0.25, -0.2) is 4.98 Å². The number of fused-ring (bicyclic) bond motifs is 1. The van der Waals surface area contributed by atoms with Crippen LogP contribution in [0.4, 0.5) is 0 Å². The molecule has 3 heterocycles. The predicted molar refractivity (Wildman–Crippen MR) is 110 cm³/mol. The number of nitrogens with zero attached hydrogens (tertiary/aromatic N) is 5. The van der Waals surface area contributed by atoms with E-state index in [2.05, 4.69) is 39.0 Å². The first-order valence-electron chi connectivity index (χ1n) is 9.78. The molecule has 0 spiro atoms. The molecule has 146 valence electrons. The quantitative estimate of drug-likeness (QED) is 0.685. The summed E-state index contributed by atoms with van der Waals surface area (Å²) < 4.78 is 2.03. The van der Waals surface area contributed by atoms with E-state index >= 15 is 0 Å². The number of hydrogen-bond donors (Lipinski definition) is 0. The maximum Gasteiger partial charge on any atom is 0.274 e. The molecule has 1 aliphatic rings. The van der Waals surface area contributed by atoms with Crippen LogP contribution in [0.1, 0.15) is 21.7 Å². The zero-order chi connectivity index (χ0) is 19.5. The van der Waals surface area contributed by atoms with Crippen molar-refractivity contribution in [3.63, 3.8) is 0 Å². The van der Waals surface area contributed by atoms with Crippen molar-refractivity contribution in [2.45, 2.75) is 13.1 Å². The van der Waals surface area contributed by atoms with Crippen LogP contribution in [0.25, 0.3) is 5.65 Å². The van der Waals surface area contributed by atoms with Gasteiger partial charge in [-0.05, 0) is 31.8 Å². The Morgan fingerprint density at radius 1 is 1.00 bits per heavy atom. The van der Waals surface area contributed by atoms with Gasteiger partial charge in [0.1, 0.15) is 5.65 Å². The van der Waals surface area contributed by atoms with Crippen molar-refractivity contribution in [1.82, 2.24) is 24.1 Å². The number of carbonyl (C=O) groups is 1. The monoisotopic (exact) mass is 377 g/mol. The Kier molecular flexibility index (Phi) is 5.41. The number of hydrogen-bond acceptors (Lipinski definition) is 4. The highest BCUT2D eigenvalue weighted by atomic mass is 16.2. The van der Waals surface area contributed by atoms with Gasteiger partial charge in [-0.3, -0.25) is 9.69 Å². The van der Waals surface area contributed by atoms with Crippen molar-refractivity contribution in [3.05, 3.63) is 71.7 Å². The Morgan fingerprint density at radius 3 is 2.43 bits per heavy atom. The number of carbonyl (C=O) groups excluding carboxylic acids is 1. The molecule has 0 bridgehead atoms. The Bertz CT molecular complexity index is 942. The van der Waals surface area contributed by atoms with E-state index in [0.717, 1.165) is 44.1 Å². The molecule has 0 saturated carbocycles. The maximum absolute atomic E-state index is 13.2. The molecule has 4 rings (SSSR count). The minimum absolute atomic E-state index is 0.0416. The van der Waals surface area contributed by atoms with Gasteiger partial charge < -0.3 is 14.2 Å². The lowest BCUT2D eigenvalue weighted by Crippen LogP contribution is -2.48. The van der Waals surface area contributed by atoms with E-state index < -0.39 is 0 Å². The largest absolute Gasteiger partial charge is 0.335 e. The fraction of sp³-hybridized carbons (Fsp3) is 0.364. The van der Waals surface area contributed by atoms with Crippen LogP contribution < -0.4 is 0 Å². The molecule has 0 aliphatic carbocycles. The van der Waals surface area contributed by atoms with E-state index in [1.54, 1.807) is 0 Å². The van der Waals surface area contributed by atoms with Crippen molar-refractivity contribution >= 4 is 11.6 Å². The van der Waals surface area contributed by atoms with E-state index in [-0.39, 0.29) is 5.91 Å². The first-order valence-corrected chi connectivity index (χ1v) is 9.78. The number of imidazole rings is 1. The molecule has 1 aliphatic heterocycles. The Balaban J connectivity index is 1.48.